The van der Waals surface area contributed by atoms with Crippen LogP contribution in [0.25, 0.3) is 143 Å². The topological polar surface area (TPSA) is 28.4 Å². The van der Waals surface area contributed by atoms with E-state index >= 15 is 0 Å². The van der Waals surface area contributed by atoms with Gasteiger partial charge in [-0.3, -0.25) is 0 Å². The zero-order valence-corrected chi connectivity index (χ0v) is 68.1. The highest BCUT2D eigenvalue weighted by Crippen LogP contribution is 2.44. The number of hydrogen-bond acceptors (Lipinski definition) is 3. The Bertz CT molecular complexity index is 6970. The van der Waals surface area contributed by atoms with E-state index in [1.807, 2.05) is 60.7 Å². The Morgan fingerprint density at radius 3 is 0.714 bits per heavy atom. The van der Waals surface area contributed by atoms with E-state index in [2.05, 4.69) is 456 Å². The Labute approximate surface area is 708 Å². The van der Waals surface area contributed by atoms with Crippen molar-refractivity contribution in [3.63, 3.8) is 0 Å². The van der Waals surface area contributed by atoms with E-state index in [9.17, 15) is 0 Å². The highest BCUT2D eigenvalue weighted by Gasteiger charge is 2.21. The van der Waals surface area contributed by atoms with Crippen LogP contribution in [0.15, 0.2) is 470 Å². The highest BCUT2D eigenvalue weighted by molar-refractivity contribution is 9.10. The molecule has 0 unspecified atom stereocenters. The average Bonchev–Trinajstić information content (AvgIpc) is 1.62. The molecule has 0 aliphatic heterocycles. The number of nitrogens with zero attached hydrogens (tertiary/aromatic N) is 4. The van der Waals surface area contributed by atoms with Crippen molar-refractivity contribution in [3.8, 4) is 55.9 Å². The average molecular weight is 1650 g/mol. The zero-order valence-electron chi connectivity index (χ0n) is 64.9. The van der Waals surface area contributed by atoms with E-state index < -0.39 is 0 Å². The Morgan fingerprint density at radius 1 is 0.176 bits per heavy atom. The molecule has 0 fully saturated rings. The predicted octanol–water partition coefficient (Wildman–Crippen LogP) is 32.7. The number of fused-ring (bicyclic) bond motifs is 10. The summed E-state index contributed by atoms with van der Waals surface area (Å²) in [4.78, 5) is 4.66. The van der Waals surface area contributed by atoms with Crippen LogP contribution in [0.2, 0.25) is 0 Å². The number of anilines is 8. The predicted molar refractivity (Wildman–Crippen MR) is 514 cm³/mol. The van der Waals surface area contributed by atoms with Gasteiger partial charge in [0.15, 0.2) is 0 Å². The largest absolute Gasteiger partial charge is 0.356 e. The summed E-state index contributed by atoms with van der Waals surface area (Å²) in [5, 5.41) is 18.0. The van der Waals surface area contributed by atoms with Crippen LogP contribution in [-0.2, 0) is 0 Å². The summed E-state index contributed by atoms with van der Waals surface area (Å²) < 4.78 is 7.02. The Balaban J connectivity index is 0.000000142. The number of nitrogens with one attached hydrogen (secondary N) is 1. The molecular formula is C112H77Br2N5. The van der Waals surface area contributed by atoms with Gasteiger partial charge in [0.1, 0.15) is 0 Å². The lowest BCUT2D eigenvalue weighted by molar-refractivity contribution is 1.18. The summed E-state index contributed by atoms with van der Waals surface area (Å²) in [5.41, 5.74) is 25.4. The van der Waals surface area contributed by atoms with E-state index in [1.165, 1.54) is 109 Å². The molecule has 7 heteroatoms. The second kappa shape index (κ2) is 32.6. The van der Waals surface area contributed by atoms with Gasteiger partial charge in [-0.1, -0.05) is 287 Å². The molecule has 0 aliphatic rings. The van der Waals surface area contributed by atoms with Crippen molar-refractivity contribution in [1.29, 1.82) is 0 Å². The zero-order chi connectivity index (χ0) is 79.5. The van der Waals surface area contributed by atoms with Gasteiger partial charge < -0.3 is 24.3 Å². The summed E-state index contributed by atoms with van der Waals surface area (Å²) in [6.45, 7) is 0. The van der Waals surface area contributed by atoms with Crippen LogP contribution >= 0.6 is 31.9 Å². The molecule has 0 bridgehead atoms. The molecule has 2 aromatic heterocycles. The van der Waals surface area contributed by atoms with E-state index in [0.717, 1.165) is 88.1 Å². The third kappa shape index (κ3) is 15.1. The molecule has 0 spiro atoms. The molecule has 2 heterocycles. The molecule has 0 amide bonds. The van der Waals surface area contributed by atoms with Crippen LogP contribution in [0.5, 0.6) is 0 Å². The third-order valence-corrected chi connectivity index (χ3v) is 23.5. The molecule has 564 valence electrons. The smallest absolute Gasteiger partial charge is 0.0541 e. The van der Waals surface area contributed by atoms with Gasteiger partial charge in [-0.05, 0) is 294 Å². The van der Waals surface area contributed by atoms with Gasteiger partial charge in [0, 0.05) is 87.4 Å². The summed E-state index contributed by atoms with van der Waals surface area (Å²) in [6, 6.07) is 166. The first-order chi connectivity index (χ1) is 58.8. The Kier molecular flexibility index (Phi) is 20.1. The van der Waals surface area contributed by atoms with Crippen molar-refractivity contribution in [2.75, 3.05) is 15.1 Å². The molecule has 5 nitrogen and oxygen atoms in total. The maximum absolute atomic E-state index is 3.66. The van der Waals surface area contributed by atoms with Crippen molar-refractivity contribution in [2.24, 2.45) is 0 Å². The molecule has 0 aliphatic carbocycles. The number of para-hydroxylation sites is 10. The van der Waals surface area contributed by atoms with E-state index in [4.69, 9.17) is 0 Å². The molecule has 20 aromatic carbocycles. The summed E-state index contributed by atoms with van der Waals surface area (Å²) in [7, 11) is 0. The molecule has 0 saturated carbocycles. The van der Waals surface area contributed by atoms with Crippen LogP contribution in [0.1, 0.15) is 0 Å². The monoisotopic (exact) mass is 1650 g/mol. The fourth-order valence-electron chi connectivity index (χ4n) is 16.9. The van der Waals surface area contributed by atoms with Gasteiger partial charge in [-0.2, -0.15) is 0 Å². The first-order valence-electron chi connectivity index (χ1n) is 40.2. The quantitative estimate of drug-likeness (QED) is 0.118. The minimum atomic E-state index is 1.09. The SMILES string of the molecule is Brc1ccc2ccc(-c3cc(-c4ccc5ccc(Br)cc5c4)cc(-n4c5ccccc5c5ccccc54)c3)cc2c1.c1ccc(N(c2ccccc2)c2ccc3ccc(-c4cc(-c5ccc6ccc(N(c7ccccc7)c7ccccc7)cc6c5)cc(-n5c6ccccc6c6ccccc65)c4)cc3c2)cc1.c1ccc(Nc2ccccc2)cc1. The van der Waals surface area contributed by atoms with Crippen LogP contribution in [-0.4, -0.2) is 9.13 Å². The number of hydrogen-bond donors (Lipinski definition) is 1. The lowest BCUT2D eigenvalue weighted by Crippen LogP contribution is -2.09. The maximum Gasteiger partial charge on any atom is 0.0541 e. The van der Waals surface area contributed by atoms with Gasteiger partial charge in [-0.15, -0.1) is 0 Å². The molecule has 119 heavy (non-hydrogen) atoms. The lowest BCUT2D eigenvalue weighted by Gasteiger charge is -2.25. The molecule has 22 rings (SSSR count). The van der Waals surface area contributed by atoms with Gasteiger partial charge >= 0.3 is 0 Å². The van der Waals surface area contributed by atoms with Crippen molar-refractivity contribution >= 4 is 164 Å². The normalized spacial score (nSPS) is 11.3. The molecule has 0 saturated heterocycles. The van der Waals surface area contributed by atoms with Gasteiger partial charge in [0.05, 0.1) is 22.1 Å². The number of rotatable bonds is 14. The van der Waals surface area contributed by atoms with Crippen molar-refractivity contribution in [2.45, 2.75) is 0 Å². The Morgan fingerprint density at radius 2 is 0.420 bits per heavy atom. The standard InChI is InChI=1S/C62H43N3.C38H23Br2N.C12H11N/c1-5-17-52(18-6-1)63(53-19-7-2-8-20-53)56-35-33-44-29-31-46(37-48(44)40-56)50-39-51(43-58(42-50)65-61-27-15-13-25-59(61)60-26-14-16-28-62(60)65)47-32-30-45-34-36-57(41-49(45)38-47)64(54-21-9-3-10-22-54)55-23-11-4-12-24-55;39-32-15-13-24-9-11-26(17-28(24)20-32)30-19-31(27-12-10-25-14-16-33(40)21-29(25)18-27)23-34(22-30)41-37-7-3-1-5-35(37)36-6-2-4-8-38(36)41;1-3-7-11(8-4-1)13-12-9-5-2-6-10-12/h1-43H;1-23H;1-10,13H. The van der Waals surface area contributed by atoms with E-state index in [-0.39, 0.29) is 0 Å². The Hall–Kier alpha value is -14.6. The second-order valence-electron chi connectivity index (χ2n) is 30.1. The van der Waals surface area contributed by atoms with Crippen molar-refractivity contribution < 1.29 is 0 Å². The van der Waals surface area contributed by atoms with Gasteiger partial charge in [0.25, 0.3) is 0 Å². The van der Waals surface area contributed by atoms with Crippen molar-refractivity contribution in [1.82, 2.24) is 9.13 Å². The van der Waals surface area contributed by atoms with Crippen LogP contribution in [0.3, 0.4) is 0 Å². The fourth-order valence-corrected chi connectivity index (χ4v) is 17.6. The van der Waals surface area contributed by atoms with E-state index in [1.54, 1.807) is 0 Å². The number of aromatic nitrogens is 2. The van der Waals surface area contributed by atoms with E-state index in [0.29, 0.717) is 0 Å². The van der Waals surface area contributed by atoms with Gasteiger partial charge in [0.2, 0.25) is 0 Å². The molecule has 0 radical (unpaired) electrons. The molecular weight excluding hydrogens is 1580 g/mol. The minimum Gasteiger partial charge on any atom is -0.356 e. The maximum atomic E-state index is 3.66. The van der Waals surface area contributed by atoms with Crippen LogP contribution in [0, 0.1) is 0 Å². The summed E-state index contributed by atoms with van der Waals surface area (Å²) in [6.07, 6.45) is 0. The molecule has 0 atom stereocenters. The summed E-state index contributed by atoms with van der Waals surface area (Å²) >= 11 is 7.31. The highest BCUT2D eigenvalue weighted by atomic mass is 79.9. The fraction of sp³-hybridized carbons (Fsp3) is 0. The first kappa shape index (κ1) is 73.3. The molecule has 1 N–H and O–H groups in total. The summed E-state index contributed by atoms with van der Waals surface area (Å²) in [5.74, 6) is 0. The number of halogens is 2. The molecule has 22 aromatic rings. The number of benzene rings is 20. The second-order valence-corrected chi connectivity index (χ2v) is 31.9. The van der Waals surface area contributed by atoms with Crippen molar-refractivity contribution in [3.05, 3.63) is 470 Å². The van der Waals surface area contributed by atoms with Crippen LogP contribution in [0.4, 0.5) is 45.5 Å². The lowest BCUT2D eigenvalue weighted by atomic mass is 9.94. The third-order valence-electron chi connectivity index (χ3n) is 22.5. The van der Waals surface area contributed by atoms with Gasteiger partial charge in [-0.25, -0.2) is 0 Å². The first-order valence-corrected chi connectivity index (χ1v) is 41.8. The van der Waals surface area contributed by atoms with Crippen LogP contribution < -0.4 is 15.1 Å². The minimum absolute atomic E-state index is 1.09.